The van der Waals surface area contributed by atoms with E-state index in [2.05, 4.69) is 31.8 Å². The van der Waals surface area contributed by atoms with Crippen molar-refractivity contribution in [3.63, 3.8) is 0 Å². The Balaban J connectivity index is 1.73. The number of halogens is 1. The molecule has 0 unspecified atom stereocenters. The largest absolute Gasteiger partial charge is 0.326 e. The number of hydrazone groups is 1. The monoisotopic (exact) mass is 387 g/mol. The topological polar surface area (TPSA) is 70.6 Å². The van der Waals surface area contributed by atoms with E-state index in [9.17, 15) is 9.59 Å². The molecular formula is C18H18BrN3O2. The number of hydrogen-bond donors (Lipinski definition) is 2. The fourth-order valence-corrected chi connectivity index (χ4v) is 2.20. The number of carbonyl (C=O) groups is 2. The molecule has 0 fully saturated rings. The van der Waals surface area contributed by atoms with Gasteiger partial charge in [-0.05, 0) is 36.2 Å². The maximum atomic E-state index is 11.9. The summed E-state index contributed by atoms with van der Waals surface area (Å²) in [4.78, 5) is 23.6. The number of aryl methyl sites for hydroxylation is 1. The highest BCUT2D eigenvalue weighted by atomic mass is 79.9. The van der Waals surface area contributed by atoms with E-state index in [4.69, 9.17) is 0 Å². The van der Waals surface area contributed by atoms with Crippen molar-refractivity contribution in [3.05, 3.63) is 64.1 Å². The lowest BCUT2D eigenvalue weighted by Crippen LogP contribution is -2.20. The first-order chi connectivity index (χ1) is 11.5. The van der Waals surface area contributed by atoms with Crippen LogP contribution in [0.4, 0.5) is 5.69 Å². The Labute approximate surface area is 149 Å². The standard InChI is InChI=1S/C18H18BrN3O2/c1-13-4-2-3-5-16(13)21-17(23)10-11-18(24)22-20-12-14-6-8-15(19)9-7-14/h2-9,12H,10-11H2,1H3,(H,21,23)(H,22,24)/b20-12-. The minimum Gasteiger partial charge on any atom is -0.326 e. The first kappa shape index (κ1) is 17.9. The summed E-state index contributed by atoms with van der Waals surface area (Å²) >= 11 is 3.35. The van der Waals surface area contributed by atoms with Crippen molar-refractivity contribution in [1.29, 1.82) is 0 Å². The molecule has 2 N–H and O–H groups in total. The van der Waals surface area contributed by atoms with Gasteiger partial charge in [-0.1, -0.05) is 46.3 Å². The second-order valence-electron chi connectivity index (χ2n) is 5.21. The first-order valence-corrected chi connectivity index (χ1v) is 8.27. The summed E-state index contributed by atoms with van der Waals surface area (Å²) in [6.07, 6.45) is 1.74. The number of anilines is 1. The number of nitrogens with zero attached hydrogens (tertiary/aromatic N) is 1. The molecular weight excluding hydrogens is 370 g/mol. The molecule has 0 heterocycles. The second kappa shape index (κ2) is 8.98. The summed E-state index contributed by atoms with van der Waals surface area (Å²) in [6, 6.07) is 15.0. The van der Waals surface area contributed by atoms with Gasteiger partial charge >= 0.3 is 0 Å². The van der Waals surface area contributed by atoms with Crippen molar-refractivity contribution in [2.75, 3.05) is 5.32 Å². The molecule has 0 aliphatic heterocycles. The van der Waals surface area contributed by atoms with Gasteiger partial charge in [0.15, 0.2) is 0 Å². The number of rotatable bonds is 6. The zero-order valence-corrected chi connectivity index (χ0v) is 14.8. The minimum absolute atomic E-state index is 0.0788. The van der Waals surface area contributed by atoms with Crippen molar-refractivity contribution < 1.29 is 9.59 Å². The third kappa shape index (κ3) is 5.96. The predicted octanol–water partition coefficient (Wildman–Crippen LogP) is 3.63. The molecule has 0 bridgehead atoms. The first-order valence-electron chi connectivity index (χ1n) is 7.47. The van der Waals surface area contributed by atoms with Gasteiger partial charge < -0.3 is 5.32 Å². The summed E-state index contributed by atoms with van der Waals surface area (Å²) in [5, 5.41) is 6.67. The van der Waals surface area contributed by atoms with Crippen LogP contribution in [0.5, 0.6) is 0 Å². The zero-order chi connectivity index (χ0) is 17.4. The molecule has 0 saturated heterocycles. The predicted molar refractivity (Wildman–Crippen MR) is 98.9 cm³/mol. The molecule has 0 aromatic heterocycles. The summed E-state index contributed by atoms with van der Waals surface area (Å²) in [6.45, 7) is 1.92. The number of benzene rings is 2. The van der Waals surface area contributed by atoms with Crippen molar-refractivity contribution in [2.24, 2.45) is 5.10 Å². The average Bonchev–Trinajstić information content (AvgIpc) is 2.57. The lowest BCUT2D eigenvalue weighted by atomic mass is 10.2. The Bertz CT molecular complexity index is 742. The van der Waals surface area contributed by atoms with Gasteiger partial charge in [0, 0.05) is 23.0 Å². The number of para-hydroxylation sites is 1. The fraction of sp³-hybridized carbons (Fsp3) is 0.167. The van der Waals surface area contributed by atoms with E-state index in [1.54, 1.807) is 6.21 Å². The maximum absolute atomic E-state index is 11.9. The van der Waals surface area contributed by atoms with E-state index in [0.29, 0.717) is 0 Å². The van der Waals surface area contributed by atoms with Crippen molar-refractivity contribution in [1.82, 2.24) is 5.43 Å². The molecule has 0 atom stereocenters. The summed E-state index contributed by atoms with van der Waals surface area (Å²) in [5.74, 6) is -0.500. The van der Waals surface area contributed by atoms with Crippen LogP contribution in [-0.4, -0.2) is 18.0 Å². The van der Waals surface area contributed by atoms with E-state index < -0.39 is 0 Å². The molecule has 0 aliphatic rings. The van der Waals surface area contributed by atoms with Gasteiger partial charge in [0.25, 0.3) is 0 Å². The van der Waals surface area contributed by atoms with Gasteiger partial charge in [-0.3, -0.25) is 9.59 Å². The molecule has 0 spiro atoms. The van der Waals surface area contributed by atoms with E-state index in [1.807, 2.05) is 55.5 Å². The molecule has 0 saturated carbocycles. The van der Waals surface area contributed by atoms with Gasteiger partial charge in [-0.2, -0.15) is 5.10 Å². The quantitative estimate of drug-likeness (QED) is 0.586. The van der Waals surface area contributed by atoms with Crippen LogP contribution in [0.2, 0.25) is 0 Å². The zero-order valence-electron chi connectivity index (χ0n) is 13.3. The molecule has 2 aromatic carbocycles. The Hall–Kier alpha value is -2.47. The van der Waals surface area contributed by atoms with E-state index in [0.717, 1.165) is 21.3 Å². The average molecular weight is 388 g/mol. The molecule has 2 amide bonds. The Morgan fingerprint density at radius 1 is 1.04 bits per heavy atom. The number of carbonyl (C=O) groups excluding carboxylic acids is 2. The SMILES string of the molecule is Cc1ccccc1NC(=O)CCC(=O)N/N=C\c1ccc(Br)cc1. The summed E-state index contributed by atoms with van der Waals surface area (Å²) in [5.41, 5.74) is 5.03. The van der Waals surface area contributed by atoms with Crippen LogP contribution >= 0.6 is 15.9 Å². The van der Waals surface area contributed by atoms with Gasteiger partial charge in [-0.25, -0.2) is 5.43 Å². The molecule has 2 aromatic rings. The Morgan fingerprint density at radius 2 is 1.71 bits per heavy atom. The molecule has 6 heteroatoms. The van der Waals surface area contributed by atoms with Crippen LogP contribution in [0.25, 0.3) is 0 Å². The molecule has 124 valence electrons. The highest BCUT2D eigenvalue weighted by Gasteiger charge is 2.07. The third-order valence-corrected chi connectivity index (χ3v) is 3.80. The van der Waals surface area contributed by atoms with Gasteiger partial charge in [0.1, 0.15) is 0 Å². The Kier molecular flexibility index (Phi) is 6.69. The van der Waals surface area contributed by atoms with Crippen LogP contribution in [0.3, 0.4) is 0 Å². The van der Waals surface area contributed by atoms with Gasteiger partial charge in [0.05, 0.1) is 6.21 Å². The van der Waals surface area contributed by atoms with E-state index in [-0.39, 0.29) is 24.7 Å². The normalized spacial score (nSPS) is 10.6. The maximum Gasteiger partial charge on any atom is 0.240 e. The second-order valence-corrected chi connectivity index (χ2v) is 6.12. The number of nitrogens with one attached hydrogen (secondary N) is 2. The van der Waals surface area contributed by atoms with Crippen LogP contribution in [0, 0.1) is 6.92 Å². The van der Waals surface area contributed by atoms with Gasteiger partial charge in [-0.15, -0.1) is 0 Å². The molecule has 0 radical (unpaired) electrons. The Morgan fingerprint density at radius 3 is 2.42 bits per heavy atom. The van der Waals surface area contributed by atoms with Crippen LogP contribution in [-0.2, 0) is 9.59 Å². The van der Waals surface area contributed by atoms with Gasteiger partial charge in [0.2, 0.25) is 11.8 Å². The highest BCUT2D eigenvalue weighted by Crippen LogP contribution is 2.13. The van der Waals surface area contributed by atoms with Crippen LogP contribution in [0.15, 0.2) is 58.1 Å². The number of hydrogen-bond acceptors (Lipinski definition) is 3. The van der Waals surface area contributed by atoms with Crippen molar-refractivity contribution in [3.8, 4) is 0 Å². The lowest BCUT2D eigenvalue weighted by molar-refractivity contribution is -0.124. The van der Waals surface area contributed by atoms with Crippen LogP contribution < -0.4 is 10.7 Å². The number of amides is 2. The molecule has 24 heavy (non-hydrogen) atoms. The third-order valence-electron chi connectivity index (χ3n) is 3.27. The molecule has 0 aliphatic carbocycles. The van der Waals surface area contributed by atoms with Crippen LogP contribution in [0.1, 0.15) is 24.0 Å². The van der Waals surface area contributed by atoms with Crippen molar-refractivity contribution in [2.45, 2.75) is 19.8 Å². The van der Waals surface area contributed by atoms with Crippen molar-refractivity contribution >= 4 is 39.6 Å². The molecule has 5 nitrogen and oxygen atoms in total. The lowest BCUT2D eigenvalue weighted by Gasteiger charge is -2.07. The summed E-state index contributed by atoms with van der Waals surface area (Å²) < 4.78 is 0.975. The fourth-order valence-electron chi connectivity index (χ4n) is 1.94. The minimum atomic E-state index is -0.303. The highest BCUT2D eigenvalue weighted by molar-refractivity contribution is 9.10. The molecule has 2 rings (SSSR count). The van der Waals surface area contributed by atoms with E-state index >= 15 is 0 Å². The smallest absolute Gasteiger partial charge is 0.240 e. The summed E-state index contributed by atoms with van der Waals surface area (Å²) in [7, 11) is 0. The van der Waals surface area contributed by atoms with E-state index in [1.165, 1.54) is 0 Å².